The molecule has 0 aromatic heterocycles. The van der Waals surface area contributed by atoms with E-state index in [4.69, 9.17) is 11.6 Å². The van der Waals surface area contributed by atoms with E-state index in [1.807, 2.05) is 0 Å². The molecule has 3 rings (SSSR count). The Kier molecular flexibility index (Phi) is 4.83. The molecule has 1 atom stereocenters. The maximum atomic E-state index is 12.5. The smallest absolute Gasteiger partial charge is 0.254 e. The highest BCUT2D eigenvalue weighted by atomic mass is 35.5. The second-order valence-corrected chi connectivity index (χ2v) is 8.89. The number of amides is 2. The lowest BCUT2D eigenvalue weighted by Crippen LogP contribution is -2.52. The third-order valence-corrected chi connectivity index (χ3v) is 6.53. The van der Waals surface area contributed by atoms with Crippen LogP contribution in [0.1, 0.15) is 16.8 Å². The third-order valence-electron chi connectivity index (χ3n) is 4.53. The van der Waals surface area contributed by atoms with E-state index in [1.165, 1.54) is 0 Å². The summed E-state index contributed by atoms with van der Waals surface area (Å²) in [6.45, 7) is 1.75. The molecular formula is C16H19ClN2O4S. The van der Waals surface area contributed by atoms with Crippen LogP contribution >= 0.6 is 11.6 Å². The summed E-state index contributed by atoms with van der Waals surface area (Å²) in [5, 5.41) is 0.511. The molecule has 2 aliphatic rings. The second kappa shape index (κ2) is 6.72. The normalized spacial score (nSPS) is 23.3. The van der Waals surface area contributed by atoms with Crippen LogP contribution in [0.2, 0.25) is 5.02 Å². The summed E-state index contributed by atoms with van der Waals surface area (Å²) >= 11 is 5.92. The summed E-state index contributed by atoms with van der Waals surface area (Å²) < 4.78 is 23.0. The van der Waals surface area contributed by atoms with Crippen LogP contribution < -0.4 is 0 Å². The number of halogens is 1. The SMILES string of the molecule is O=C(c1cccc(Cl)c1)N1CCN(C(=O)[C@@H]2CCS(=O)(=O)C2)CC1. The first-order valence-corrected chi connectivity index (χ1v) is 10.1. The van der Waals surface area contributed by atoms with Crippen molar-refractivity contribution in [2.75, 3.05) is 37.7 Å². The zero-order valence-electron chi connectivity index (χ0n) is 13.2. The number of benzene rings is 1. The average molecular weight is 371 g/mol. The second-order valence-electron chi connectivity index (χ2n) is 6.23. The van der Waals surface area contributed by atoms with Crippen molar-refractivity contribution in [2.45, 2.75) is 6.42 Å². The van der Waals surface area contributed by atoms with Crippen molar-refractivity contribution in [1.82, 2.24) is 9.80 Å². The van der Waals surface area contributed by atoms with Crippen molar-refractivity contribution >= 4 is 33.3 Å². The number of carbonyl (C=O) groups is 2. The predicted octanol–water partition coefficient (Wildman–Crippen LogP) is 1.06. The molecule has 2 amide bonds. The highest BCUT2D eigenvalue weighted by Crippen LogP contribution is 2.22. The Labute approximate surface area is 146 Å². The third kappa shape index (κ3) is 3.72. The molecule has 2 fully saturated rings. The molecule has 8 heteroatoms. The summed E-state index contributed by atoms with van der Waals surface area (Å²) in [4.78, 5) is 28.2. The fourth-order valence-corrected chi connectivity index (χ4v) is 5.10. The van der Waals surface area contributed by atoms with Gasteiger partial charge in [-0.05, 0) is 24.6 Å². The van der Waals surface area contributed by atoms with E-state index in [0.717, 1.165) is 0 Å². The predicted molar refractivity (Wildman–Crippen MR) is 90.7 cm³/mol. The van der Waals surface area contributed by atoms with E-state index in [1.54, 1.807) is 34.1 Å². The first-order chi connectivity index (χ1) is 11.4. The fraction of sp³-hybridized carbons (Fsp3) is 0.500. The van der Waals surface area contributed by atoms with Gasteiger partial charge in [0.05, 0.1) is 17.4 Å². The van der Waals surface area contributed by atoms with E-state index >= 15 is 0 Å². The number of hydrogen-bond acceptors (Lipinski definition) is 4. The molecule has 130 valence electrons. The Balaban J connectivity index is 1.58. The number of hydrogen-bond donors (Lipinski definition) is 0. The molecule has 0 unspecified atom stereocenters. The van der Waals surface area contributed by atoms with Gasteiger partial charge < -0.3 is 9.80 Å². The minimum absolute atomic E-state index is 0.0481. The lowest BCUT2D eigenvalue weighted by atomic mass is 10.1. The summed E-state index contributed by atoms with van der Waals surface area (Å²) in [6.07, 6.45) is 0.406. The van der Waals surface area contributed by atoms with Gasteiger partial charge in [-0.2, -0.15) is 0 Å². The van der Waals surface area contributed by atoms with Gasteiger partial charge in [-0.3, -0.25) is 9.59 Å². The van der Waals surface area contributed by atoms with Gasteiger partial charge >= 0.3 is 0 Å². The van der Waals surface area contributed by atoms with Crippen LogP contribution in [-0.2, 0) is 14.6 Å². The fourth-order valence-electron chi connectivity index (χ4n) is 3.18. The molecule has 2 aliphatic heterocycles. The molecule has 1 aromatic rings. The molecule has 1 aromatic carbocycles. The molecule has 6 nitrogen and oxygen atoms in total. The monoisotopic (exact) mass is 370 g/mol. The lowest BCUT2D eigenvalue weighted by molar-refractivity contribution is -0.136. The van der Waals surface area contributed by atoms with Crippen molar-refractivity contribution in [3.05, 3.63) is 34.9 Å². The number of nitrogens with zero attached hydrogens (tertiary/aromatic N) is 2. The van der Waals surface area contributed by atoms with Crippen LogP contribution in [0.3, 0.4) is 0 Å². The van der Waals surface area contributed by atoms with Crippen molar-refractivity contribution < 1.29 is 18.0 Å². The zero-order chi connectivity index (χ0) is 17.3. The number of rotatable bonds is 2. The van der Waals surface area contributed by atoms with Crippen LogP contribution in [0.25, 0.3) is 0 Å². The van der Waals surface area contributed by atoms with Crippen molar-refractivity contribution in [2.24, 2.45) is 5.92 Å². The molecule has 0 radical (unpaired) electrons. The van der Waals surface area contributed by atoms with Gasteiger partial charge in [-0.1, -0.05) is 17.7 Å². The minimum Gasteiger partial charge on any atom is -0.339 e. The van der Waals surface area contributed by atoms with E-state index in [9.17, 15) is 18.0 Å². The largest absolute Gasteiger partial charge is 0.339 e. The average Bonchev–Trinajstić information content (AvgIpc) is 2.93. The van der Waals surface area contributed by atoms with Gasteiger partial charge in [0, 0.05) is 36.8 Å². The highest BCUT2D eigenvalue weighted by molar-refractivity contribution is 7.91. The molecular weight excluding hydrogens is 352 g/mol. The summed E-state index contributed by atoms with van der Waals surface area (Å²) in [5.74, 6) is -0.589. The van der Waals surface area contributed by atoms with Crippen LogP contribution in [0.4, 0.5) is 0 Å². The van der Waals surface area contributed by atoms with E-state index in [0.29, 0.717) is 43.2 Å². The highest BCUT2D eigenvalue weighted by Gasteiger charge is 2.36. The number of carbonyl (C=O) groups excluding carboxylic acids is 2. The lowest BCUT2D eigenvalue weighted by Gasteiger charge is -2.36. The molecule has 2 heterocycles. The van der Waals surface area contributed by atoms with E-state index in [2.05, 4.69) is 0 Å². The van der Waals surface area contributed by atoms with Gasteiger partial charge in [-0.25, -0.2) is 8.42 Å². The van der Waals surface area contributed by atoms with E-state index < -0.39 is 15.8 Å². The topological polar surface area (TPSA) is 74.8 Å². The number of sulfone groups is 1. The van der Waals surface area contributed by atoms with Crippen LogP contribution in [0, 0.1) is 5.92 Å². The Hall–Kier alpha value is -1.60. The van der Waals surface area contributed by atoms with Gasteiger partial charge in [0.25, 0.3) is 5.91 Å². The summed E-state index contributed by atoms with van der Waals surface area (Å²) in [7, 11) is -3.07. The van der Waals surface area contributed by atoms with Crippen molar-refractivity contribution in [3.8, 4) is 0 Å². The Morgan fingerprint density at radius 3 is 2.33 bits per heavy atom. The standard InChI is InChI=1S/C16H19ClN2O4S/c17-14-3-1-2-12(10-14)15(20)18-5-7-19(8-6-18)16(21)13-4-9-24(22,23)11-13/h1-3,10,13H,4-9,11H2/t13-/m1/s1. The molecule has 0 spiro atoms. The van der Waals surface area contributed by atoms with Gasteiger partial charge in [0.15, 0.2) is 9.84 Å². The van der Waals surface area contributed by atoms with Gasteiger partial charge in [0.1, 0.15) is 0 Å². The van der Waals surface area contributed by atoms with Gasteiger partial charge in [-0.15, -0.1) is 0 Å². The van der Waals surface area contributed by atoms with Crippen molar-refractivity contribution in [1.29, 1.82) is 0 Å². The minimum atomic E-state index is -3.07. The first-order valence-electron chi connectivity index (χ1n) is 7.90. The molecule has 0 bridgehead atoms. The van der Waals surface area contributed by atoms with Gasteiger partial charge in [0.2, 0.25) is 5.91 Å². The molecule has 2 saturated heterocycles. The maximum absolute atomic E-state index is 12.5. The first kappa shape index (κ1) is 17.2. The van der Waals surface area contributed by atoms with Crippen LogP contribution in [0.15, 0.2) is 24.3 Å². The van der Waals surface area contributed by atoms with Crippen LogP contribution in [0.5, 0.6) is 0 Å². The molecule has 24 heavy (non-hydrogen) atoms. The summed E-state index contributed by atoms with van der Waals surface area (Å²) in [5.41, 5.74) is 0.532. The number of piperazine rings is 1. The zero-order valence-corrected chi connectivity index (χ0v) is 14.7. The van der Waals surface area contributed by atoms with Crippen molar-refractivity contribution in [3.63, 3.8) is 0 Å². The molecule has 0 saturated carbocycles. The summed E-state index contributed by atoms with van der Waals surface area (Å²) in [6, 6.07) is 6.79. The molecule has 0 aliphatic carbocycles. The molecule has 0 N–H and O–H groups in total. The van der Waals surface area contributed by atoms with E-state index in [-0.39, 0.29) is 23.3 Å². The van der Waals surface area contributed by atoms with Crippen LogP contribution in [-0.4, -0.2) is 67.7 Å². The maximum Gasteiger partial charge on any atom is 0.254 e. The Morgan fingerprint density at radius 2 is 1.75 bits per heavy atom. The quantitative estimate of drug-likeness (QED) is 0.780. The Morgan fingerprint density at radius 1 is 1.08 bits per heavy atom. The Bertz CT molecular complexity index is 757.